The number of benzene rings is 1. The first-order valence-electron chi connectivity index (χ1n) is 5.98. The summed E-state index contributed by atoms with van der Waals surface area (Å²) in [5.41, 5.74) is 2.72. The zero-order chi connectivity index (χ0) is 11.8. The van der Waals surface area contributed by atoms with Gasteiger partial charge in [0.1, 0.15) is 0 Å². The van der Waals surface area contributed by atoms with Crippen LogP contribution in [-0.2, 0) is 4.74 Å². The molecule has 0 heterocycles. The maximum absolute atomic E-state index is 5.54. The molecule has 0 bridgehead atoms. The normalized spacial score (nSPS) is 12.7. The van der Waals surface area contributed by atoms with Crippen LogP contribution < -0.4 is 0 Å². The number of alkyl halides is 1. The molecule has 0 amide bonds. The molecule has 1 aromatic carbocycles. The Labute approximate surface area is 107 Å². The highest BCUT2D eigenvalue weighted by Crippen LogP contribution is 2.22. The van der Waals surface area contributed by atoms with Crippen LogP contribution >= 0.6 is 15.9 Å². The number of aryl methyl sites for hydroxylation is 1. The average molecular weight is 285 g/mol. The van der Waals surface area contributed by atoms with Gasteiger partial charge in [-0.3, -0.25) is 0 Å². The van der Waals surface area contributed by atoms with Crippen molar-refractivity contribution in [3.63, 3.8) is 0 Å². The highest BCUT2D eigenvalue weighted by molar-refractivity contribution is 9.09. The fourth-order valence-corrected chi connectivity index (χ4v) is 2.34. The smallest absolute Gasteiger partial charge is 0.0472 e. The maximum Gasteiger partial charge on any atom is 0.0472 e. The summed E-state index contributed by atoms with van der Waals surface area (Å²) in [7, 11) is 0. The third-order valence-electron chi connectivity index (χ3n) is 2.69. The third-order valence-corrected chi connectivity index (χ3v) is 3.48. The fourth-order valence-electron chi connectivity index (χ4n) is 1.64. The van der Waals surface area contributed by atoms with E-state index in [1.54, 1.807) is 0 Å². The second-order valence-corrected chi connectivity index (χ2v) is 4.81. The predicted molar refractivity (Wildman–Crippen MR) is 73.4 cm³/mol. The van der Waals surface area contributed by atoms with Crippen molar-refractivity contribution in [3.05, 3.63) is 35.4 Å². The fraction of sp³-hybridized carbons (Fsp3) is 0.571. The van der Waals surface area contributed by atoms with Gasteiger partial charge in [0.2, 0.25) is 0 Å². The minimum Gasteiger partial charge on any atom is -0.381 e. The van der Waals surface area contributed by atoms with E-state index in [1.807, 2.05) is 0 Å². The van der Waals surface area contributed by atoms with E-state index in [4.69, 9.17) is 4.74 Å². The molecule has 1 atom stereocenters. The van der Waals surface area contributed by atoms with Gasteiger partial charge in [0.25, 0.3) is 0 Å². The first-order chi connectivity index (χ1) is 7.77. The summed E-state index contributed by atoms with van der Waals surface area (Å²) >= 11 is 3.58. The van der Waals surface area contributed by atoms with Crippen LogP contribution in [0.25, 0.3) is 0 Å². The zero-order valence-electron chi connectivity index (χ0n) is 10.2. The summed E-state index contributed by atoms with van der Waals surface area (Å²) in [6.45, 7) is 6.00. The van der Waals surface area contributed by atoms with Gasteiger partial charge in [-0.05, 0) is 31.2 Å². The van der Waals surface area contributed by atoms with Crippen molar-refractivity contribution in [2.45, 2.75) is 32.6 Å². The minimum atomic E-state index is 0.567. The Morgan fingerprint density at radius 3 is 2.44 bits per heavy atom. The highest BCUT2D eigenvalue weighted by Gasteiger charge is 2.09. The standard InChI is InChI=1S/C14H21BrO/c1-3-9-16-10-8-14(11-15)13-6-4-12(2)5-7-13/h4-7,14H,3,8-11H2,1-2H3. The average Bonchev–Trinajstić information content (AvgIpc) is 2.31. The number of hydrogen-bond donors (Lipinski definition) is 0. The summed E-state index contributed by atoms with van der Waals surface area (Å²) in [6, 6.07) is 8.80. The number of ether oxygens (including phenoxy) is 1. The van der Waals surface area contributed by atoms with Crippen LogP contribution in [-0.4, -0.2) is 18.5 Å². The van der Waals surface area contributed by atoms with Crippen LogP contribution in [0, 0.1) is 6.92 Å². The molecule has 0 aliphatic heterocycles. The van der Waals surface area contributed by atoms with E-state index in [0.717, 1.165) is 31.4 Å². The molecule has 0 N–H and O–H groups in total. The van der Waals surface area contributed by atoms with Crippen molar-refractivity contribution < 1.29 is 4.74 Å². The number of rotatable bonds is 7. The van der Waals surface area contributed by atoms with Crippen molar-refractivity contribution in [1.82, 2.24) is 0 Å². The molecule has 1 aromatic rings. The quantitative estimate of drug-likeness (QED) is 0.536. The molecular weight excluding hydrogens is 264 g/mol. The molecule has 0 radical (unpaired) electrons. The third kappa shape index (κ3) is 4.67. The summed E-state index contributed by atoms with van der Waals surface area (Å²) in [6.07, 6.45) is 2.19. The van der Waals surface area contributed by atoms with E-state index in [1.165, 1.54) is 11.1 Å². The molecule has 0 fully saturated rings. The highest BCUT2D eigenvalue weighted by atomic mass is 79.9. The topological polar surface area (TPSA) is 9.23 Å². The van der Waals surface area contributed by atoms with Gasteiger partial charge in [0.05, 0.1) is 0 Å². The van der Waals surface area contributed by atoms with Gasteiger partial charge in [-0.25, -0.2) is 0 Å². The Balaban J connectivity index is 2.44. The Bertz CT molecular complexity index is 281. The molecule has 0 aliphatic carbocycles. The number of hydrogen-bond acceptors (Lipinski definition) is 1. The number of halogens is 1. The summed E-state index contributed by atoms with van der Waals surface area (Å²) < 4.78 is 5.54. The van der Waals surface area contributed by atoms with Gasteiger partial charge in [0.15, 0.2) is 0 Å². The molecule has 1 unspecified atom stereocenters. The lowest BCUT2D eigenvalue weighted by atomic mass is 9.97. The lowest BCUT2D eigenvalue weighted by molar-refractivity contribution is 0.129. The van der Waals surface area contributed by atoms with Crippen LogP contribution in [0.2, 0.25) is 0 Å². The maximum atomic E-state index is 5.54. The van der Waals surface area contributed by atoms with Gasteiger partial charge in [-0.2, -0.15) is 0 Å². The van der Waals surface area contributed by atoms with Crippen molar-refractivity contribution in [1.29, 1.82) is 0 Å². The first-order valence-corrected chi connectivity index (χ1v) is 7.10. The summed E-state index contributed by atoms with van der Waals surface area (Å²) in [5.74, 6) is 0.567. The predicted octanol–water partition coefficient (Wildman–Crippen LogP) is 4.29. The van der Waals surface area contributed by atoms with Crippen LogP contribution in [0.5, 0.6) is 0 Å². The van der Waals surface area contributed by atoms with Gasteiger partial charge in [-0.15, -0.1) is 0 Å². The van der Waals surface area contributed by atoms with Crippen molar-refractivity contribution in [2.24, 2.45) is 0 Å². The van der Waals surface area contributed by atoms with Gasteiger partial charge in [0, 0.05) is 18.5 Å². The molecule has 0 aromatic heterocycles. The second kappa shape index (κ2) is 7.86. The Hall–Kier alpha value is -0.340. The summed E-state index contributed by atoms with van der Waals surface area (Å²) in [5, 5.41) is 1.01. The van der Waals surface area contributed by atoms with Crippen LogP contribution in [0.1, 0.15) is 36.8 Å². The van der Waals surface area contributed by atoms with Crippen molar-refractivity contribution >= 4 is 15.9 Å². The molecule has 2 heteroatoms. The van der Waals surface area contributed by atoms with E-state index < -0.39 is 0 Å². The largest absolute Gasteiger partial charge is 0.381 e. The Kier molecular flexibility index (Phi) is 6.74. The van der Waals surface area contributed by atoms with E-state index in [2.05, 4.69) is 54.0 Å². The van der Waals surface area contributed by atoms with Crippen LogP contribution in [0.4, 0.5) is 0 Å². The lowest BCUT2D eigenvalue weighted by Gasteiger charge is -2.14. The second-order valence-electron chi connectivity index (χ2n) is 4.16. The molecule has 0 spiro atoms. The van der Waals surface area contributed by atoms with Crippen molar-refractivity contribution in [2.75, 3.05) is 18.5 Å². The van der Waals surface area contributed by atoms with Crippen molar-refractivity contribution in [3.8, 4) is 0 Å². The van der Waals surface area contributed by atoms with E-state index >= 15 is 0 Å². The van der Waals surface area contributed by atoms with Gasteiger partial charge >= 0.3 is 0 Å². The van der Waals surface area contributed by atoms with E-state index in [-0.39, 0.29) is 0 Å². The minimum absolute atomic E-state index is 0.567. The molecule has 0 saturated heterocycles. The molecule has 0 aliphatic rings. The molecule has 1 rings (SSSR count). The van der Waals surface area contributed by atoms with Gasteiger partial charge in [-0.1, -0.05) is 52.7 Å². The van der Waals surface area contributed by atoms with Crippen LogP contribution in [0.15, 0.2) is 24.3 Å². The summed E-state index contributed by atoms with van der Waals surface area (Å²) in [4.78, 5) is 0. The van der Waals surface area contributed by atoms with E-state index in [9.17, 15) is 0 Å². The Morgan fingerprint density at radius 1 is 1.19 bits per heavy atom. The first kappa shape index (κ1) is 13.7. The molecule has 16 heavy (non-hydrogen) atoms. The Morgan fingerprint density at radius 2 is 1.88 bits per heavy atom. The lowest BCUT2D eigenvalue weighted by Crippen LogP contribution is -2.06. The molecular formula is C14H21BrO. The molecule has 90 valence electrons. The molecule has 1 nitrogen and oxygen atoms in total. The molecule has 0 saturated carbocycles. The zero-order valence-corrected chi connectivity index (χ0v) is 11.8. The van der Waals surface area contributed by atoms with Gasteiger partial charge < -0.3 is 4.74 Å². The monoisotopic (exact) mass is 284 g/mol. The van der Waals surface area contributed by atoms with E-state index in [0.29, 0.717) is 5.92 Å². The van der Waals surface area contributed by atoms with Crippen LogP contribution in [0.3, 0.4) is 0 Å². The SMILES string of the molecule is CCCOCCC(CBr)c1ccc(C)cc1.